The molecular weight excluding hydrogens is 356 g/mol. The van der Waals surface area contributed by atoms with E-state index in [4.69, 9.17) is 4.74 Å². The lowest BCUT2D eigenvalue weighted by Gasteiger charge is -2.30. The van der Waals surface area contributed by atoms with Gasteiger partial charge in [-0.05, 0) is 67.8 Å². The molecule has 0 amide bonds. The van der Waals surface area contributed by atoms with Crippen molar-refractivity contribution in [2.45, 2.75) is 19.4 Å². The van der Waals surface area contributed by atoms with Crippen LogP contribution in [0.1, 0.15) is 28.8 Å². The van der Waals surface area contributed by atoms with Gasteiger partial charge in [0, 0.05) is 24.2 Å². The Hall–Kier alpha value is -2.99. The Morgan fingerprint density at radius 2 is 1.79 bits per heavy atom. The van der Waals surface area contributed by atoms with E-state index in [9.17, 15) is 14.9 Å². The van der Waals surface area contributed by atoms with Crippen LogP contribution in [-0.4, -0.2) is 35.8 Å². The third kappa shape index (κ3) is 5.27. The molecule has 0 aliphatic carbocycles. The third-order valence-electron chi connectivity index (χ3n) is 5.08. The predicted molar refractivity (Wildman–Crippen MR) is 108 cm³/mol. The van der Waals surface area contributed by atoms with E-state index < -0.39 is 4.92 Å². The zero-order chi connectivity index (χ0) is 19.9. The predicted octanol–water partition coefficient (Wildman–Crippen LogP) is 4.25. The fraction of sp³-hybridized carbons (Fsp3) is 0.318. The molecule has 1 aliphatic heterocycles. The average Bonchev–Trinajstić information content (AvgIpc) is 2.73. The third-order valence-corrected chi connectivity index (χ3v) is 5.08. The van der Waals surface area contributed by atoms with E-state index in [-0.39, 0.29) is 11.5 Å². The highest BCUT2D eigenvalue weighted by molar-refractivity contribution is 6.04. The fourth-order valence-electron chi connectivity index (χ4n) is 3.36. The zero-order valence-electron chi connectivity index (χ0n) is 15.9. The molecule has 0 aromatic heterocycles. The van der Waals surface area contributed by atoms with E-state index in [1.54, 1.807) is 13.2 Å². The van der Waals surface area contributed by atoms with Crippen molar-refractivity contribution in [1.82, 2.24) is 4.90 Å². The van der Waals surface area contributed by atoms with Crippen molar-refractivity contribution in [2.75, 3.05) is 20.2 Å². The number of piperidine rings is 1. The normalized spacial score (nSPS) is 15.6. The van der Waals surface area contributed by atoms with Crippen molar-refractivity contribution in [2.24, 2.45) is 5.92 Å². The second-order valence-electron chi connectivity index (χ2n) is 6.99. The van der Waals surface area contributed by atoms with E-state index in [1.807, 2.05) is 18.2 Å². The number of benzene rings is 2. The van der Waals surface area contributed by atoms with Crippen LogP contribution in [0.25, 0.3) is 0 Å². The number of likely N-dealkylation sites (tertiary alicyclic amines) is 1. The number of allylic oxidation sites excluding steroid dienone is 2. The number of nitro groups is 1. The molecule has 1 fully saturated rings. The summed E-state index contributed by atoms with van der Waals surface area (Å²) < 4.78 is 5.19. The zero-order valence-corrected chi connectivity index (χ0v) is 15.9. The number of methoxy groups -OCH3 is 1. The maximum absolute atomic E-state index is 12.2. The van der Waals surface area contributed by atoms with Gasteiger partial charge in [0.05, 0.1) is 12.0 Å². The number of carbonyl (C=O) groups is 1. The van der Waals surface area contributed by atoms with E-state index in [2.05, 4.69) is 17.0 Å². The molecule has 28 heavy (non-hydrogen) atoms. The summed E-state index contributed by atoms with van der Waals surface area (Å²) in [7, 11) is 1.67. The molecule has 146 valence electrons. The van der Waals surface area contributed by atoms with Crippen LogP contribution in [0.5, 0.6) is 5.75 Å². The Morgan fingerprint density at radius 3 is 2.36 bits per heavy atom. The number of ketones is 1. The minimum Gasteiger partial charge on any atom is -0.497 e. The first-order chi connectivity index (χ1) is 13.5. The summed E-state index contributed by atoms with van der Waals surface area (Å²) in [4.78, 5) is 24.9. The number of nitrogens with zero attached hydrogens (tertiary/aromatic N) is 2. The summed E-state index contributed by atoms with van der Waals surface area (Å²) in [6, 6.07) is 13.9. The van der Waals surface area contributed by atoms with Crippen molar-refractivity contribution in [3.63, 3.8) is 0 Å². The Morgan fingerprint density at radius 1 is 1.14 bits per heavy atom. The Bertz CT molecular complexity index is 836. The molecule has 2 aromatic carbocycles. The van der Waals surface area contributed by atoms with Crippen molar-refractivity contribution in [3.05, 3.63) is 81.9 Å². The summed E-state index contributed by atoms with van der Waals surface area (Å²) in [6.07, 6.45) is 5.61. The molecule has 0 unspecified atom stereocenters. The molecule has 0 N–H and O–H groups in total. The monoisotopic (exact) mass is 380 g/mol. The quantitative estimate of drug-likeness (QED) is 0.311. The van der Waals surface area contributed by atoms with E-state index >= 15 is 0 Å². The molecule has 0 atom stereocenters. The van der Waals surface area contributed by atoms with E-state index in [0.717, 1.165) is 38.2 Å². The van der Waals surface area contributed by atoms with Crippen LogP contribution in [0.15, 0.2) is 60.7 Å². The molecule has 0 bridgehead atoms. The first kappa shape index (κ1) is 19.8. The molecule has 1 aliphatic rings. The van der Waals surface area contributed by atoms with Crippen LogP contribution in [0.3, 0.4) is 0 Å². The molecule has 0 saturated carbocycles. The van der Waals surface area contributed by atoms with Crippen molar-refractivity contribution >= 4 is 11.5 Å². The molecule has 3 rings (SSSR count). The lowest BCUT2D eigenvalue weighted by Crippen LogP contribution is -2.32. The lowest BCUT2D eigenvalue weighted by atomic mass is 9.95. The molecular formula is C22H24N2O4. The molecule has 6 heteroatoms. The van der Waals surface area contributed by atoms with Gasteiger partial charge in [-0.25, -0.2) is 0 Å². The standard InChI is InChI=1S/C22H24N2O4/c1-28-21-9-2-18(3-10-21)16-23-14-12-17(13-15-23)4-11-22(25)19-5-7-20(8-6-19)24(26)27/h2-11,17H,12-16H2,1H3. The van der Waals surface area contributed by atoms with Gasteiger partial charge >= 0.3 is 0 Å². The Labute approximate surface area is 164 Å². The summed E-state index contributed by atoms with van der Waals surface area (Å²) in [5.74, 6) is 1.13. The number of non-ortho nitro benzene ring substituents is 1. The van der Waals surface area contributed by atoms with Crippen LogP contribution in [0.4, 0.5) is 5.69 Å². The second-order valence-corrected chi connectivity index (χ2v) is 6.99. The Balaban J connectivity index is 1.47. The summed E-state index contributed by atoms with van der Waals surface area (Å²) in [5, 5.41) is 10.7. The summed E-state index contributed by atoms with van der Waals surface area (Å²) in [6.45, 7) is 2.90. The van der Waals surface area contributed by atoms with Gasteiger partial charge < -0.3 is 4.74 Å². The maximum Gasteiger partial charge on any atom is 0.269 e. The minimum absolute atomic E-state index is 0.00948. The molecule has 0 radical (unpaired) electrons. The molecule has 0 spiro atoms. The van der Waals surface area contributed by atoms with Gasteiger partial charge in [0.2, 0.25) is 0 Å². The molecule has 6 nitrogen and oxygen atoms in total. The second kappa shape index (κ2) is 9.28. The maximum atomic E-state index is 12.2. The Kier molecular flexibility index (Phi) is 6.55. The van der Waals surface area contributed by atoms with Gasteiger partial charge in [-0.1, -0.05) is 18.2 Å². The highest BCUT2D eigenvalue weighted by Gasteiger charge is 2.18. The number of carbonyl (C=O) groups excluding carboxylic acids is 1. The van der Waals surface area contributed by atoms with Gasteiger partial charge in [-0.2, -0.15) is 0 Å². The van der Waals surface area contributed by atoms with Gasteiger partial charge in [-0.3, -0.25) is 19.8 Å². The van der Waals surface area contributed by atoms with Gasteiger partial charge in [-0.15, -0.1) is 0 Å². The van der Waals surface area contributed by atoms with Crippen LogP contribution < -0.4 is 4.74 Å². The number of nitro benzene ring substituents is 1. The number of ether oxygens (including phenoxy) is 1. The van der Waals surface area contributed by atoms with E-state index in [0.29, 0.717) is 11.5 Å². The smallest absolute Gasteiger partial charge is 0.269 e. The summed E-state index contributed by atoms with van der Waals surface area (Å²) in [5.41, 5.74) is 1.73. The van der Waals surface area contributed by atoms with Crippen molar-refractivity contribution in [1.29, 1.82) is 0 Å². The lowest BCUT2D eigenvalue weighted by molar-refractivity contribution is -0.384. The minimum atomic E-state index is -0.468. The summed E-state index contributed by atoms with van der Waals surface area (Å²) >= 11 is 0. The van der Waals surface area contributed by atoms with Crippen LogP contribution >= 0.6 is 0 Å². The van der Waals surface area contributed by atoms with Crippen LogP contribution in [0, 0.1) is 16.0 Å². The van der Waals surface area contributed by atoms with Crippen LogP contribution in [0.2, 0.25) is 0 Å². The molecule has 1 saturated heterocycles. The van der Waals surface area contributed by atoms with Gasteiger partial charge in [0.1, 0.15) is 5.75 Å². The number of hydrogen-bond acceptors (Lipinski definition) is 5. The largest absolute Gasteiger partial charge is 0.497 e. The van der Waals surface area contributed by atoms with Crippen LogP contribution in [-0.2, 0) is 6.54 Å². The van der Waals surface area contributed by atoms with E-state index in [1.165, 1.54) is 29.8 Å². The molecule has 2 aromatic rings. The SMILES string of the molecule is COc1ccc(CN2CCC(C=CC(=O)c3ccc([N+](=O)[O-])cc3)CC2)cc1. The number of hydrogen-bond donors (Lipinski definition) is 0. The fourth-order valence-corrected chi connectivity index (χ4v) is 3.36. The highest BCUT2D eigenvalue weighted by Crippen LogP contribution is 2.21. The topological polar surface area (TPSA) is 72.7 Å². The molecule has 1 heterocycles. The first-order valence-corrected chi connectivity index (χ1v) is 9.37. The first-order valence-electron chi connectivity index (χ1n) is 9.37. The highest BCUT2D eigenvalue weighted by atomic mass is 16.6. The van der Waals surface area contributed by atoms with Crippen molar-refractivity contribution < 1.29 is 14.5 Å². The number of rotatable bonds is 7. The van der Waals surface area contributed by atoms with Crippen molar-refractivity contribution in [3.8, 4) is 5.75 Å². The van der Waals surface area contributed by atoms with Gasteiger partial charge in [0.15, 0.2) is 5.78 Å². The average molecular weight is 380 g/mol. The van der Waals surface area contributed by atoms with Gasteiger partial charge in [0.25, 0.3) is 5.69 Å².